The number of benzene rings is 1. The molecule has 0 aliphatic carbocycles. The van der Waals surface area contributed by atoms with Gasteiger partial charge in [-0.3, -0.25) is 4.79 Å². The maximum atomic E-state index is 11.9. The first-order valence-corrected chi connectivity index (χ1v) is 5.49. The summed E-state index contributed by atoms with van der Waals surface area (Å²) in [5, 5.41) is 7.97. The van der Waals surface area contributed by atoms with E-state index in [4.69, 9.17) is 5.73 Å². The Morgan fingerprint density at radius 1 is 1.41 bits per heavy atom. The van der Waals surface area contributed by atoms with E-state index < -0.39 is 0 Å². The summed E-state index contributed by atoms with van der Waals surface area (Å²) in [4.78, 5) is 11.9. The third-order valence-corrected chi connectivity index (χ3v) is 3.04. The standard InChI is InChI=1S/C12H12N4O/c1-2-16-8-6-4-3-5-7(8)9-10(16)12(17)15-14-11(9)13/h3-6H,2H2,1H3,(H2,13,14)(H,15,17). The smallest absolute Gasteiger partial charge is 0.288 e. The predicted octanol–water partition coefficient (Wildman–Crippen LogP) is 1.48. The highest BCUT2D eigenvalue weighted by Crippen LogP contribution is 2.29. The molecule has 0 saturated carbocycles. The number of para-hydroxylation sites is 1. The van der Waals surface area contributed by atoms with Crippen LogP contribution in [0.1, 0.15) is 6.92 Å². The highest BCUT2D eigenvalue weighted by atomic mass is 16.1. The molecular formula is C12H12N4O. The minimum absolute atomic E-state index is 0.202. The van der Waals surface area contributed by atoms with Crippen molar-refractivity contribution in [3.8, 4) is 0 Å². The maximum Gasteiger partial charge on any atom is 0.288 e. The lowest BCUT2D eigenvalue weighted by Crippen LogP contribution is -2.13. The molecule has 3 rings (SSSR count). The summed E-state index contributed by atoms with van der Waals surface area (Å²) in [7, 11) is 0. The minimum Gasteiger partial charge on any atom is -0.382 e. The Hall–Kier alpha value is -2.30. The van der Waals surface area contributed by atoms with Gasteiger partial charge in [-0.2, -0.15) is 5.10 Å². The molecule has 0 saturated heterocycles. The molecule has 5 heteroatoms. The molecule has 0 spiro atoms. The summed E-state index contributed by atoms with van der Waals surface area (Å²) in [5.74, 6) is 0.364. The number of nitrogens with two attached hydrogens (primary N) is 1. The molecule has 3 N–H and O–H groups in total. The minimum atomic E-state index is -0.202. The third-order valence-electron chi connectivity index (χ3n) is 3.04. The SMILES string of the molecule is CCn1c2ccccc2c2c(N)n[nH]c(=O)c21. The molecule has 1 aromatic carbocycles. The topological polar surface area (TPSA) is 76.7 Å². The Morgan fingerprint density at radius 2 is 2.18 bits per heavy atom. The van der Waals surface area contributed by atoms with Crippen LogP contribution >= 0.6 is 0 Å². The van der Waals surface area contributed by atoms with E-state index in [1.807, 2.05) is 35.8 Å². The maximum absolute atomic E-state index is 11.9. The Bertz CT molecular complexity index is 769. The fourth-order valence-corrected chi connectivity index (χ4v) is 2.35. The van der Waals surface area contributed by atoms with E-state index in [-0.39, 0.29) is 5.56 Å². The summed E-state index contributed by atoms with van der Waals surface area (Å²) in [6.45, 7) is 2.72. The van der Waals surface area contributed by atoms with Crippen molar-refractivity contribution in [1.82, 2.24) is 14.8 Å². The molecule has 0 radical (unpaired) electrons. The summed E-state index contributed by atoms with van der Waals surface area (Å²) in [6, 6.07) is 7.83. The van der Waals surface area contributed by atoms with Crippen LogP contribution in [-0.2, 0) is 6.54 Å². The molecule has 2 aromatic heterocycles. The van der Waals surface area contributed by atoms with Crippen molar-refractivity contribution in [1.29, 1.82) is 0 Å². The van der Waals surface area contributed by atoms with Crippen molar-refractivity contribution in [3.63, 3.8) is 0 Å². The molecule has 0 aliphatic rings. The number of aromatic nitrogens is 3. The van der Waals surface area contributed by atoms with Crippen LogP contribution in [0, 0.1) is 0 Å². The van der Waals surface area contributed by atoms with Crippen LogP contribution in [0.15, 0.2) is 29.1 Å². The van der Waals surface area contributed by atoms with E-state index in [0.29, 0.717) is 11.3 Å². The van der Waals surface area contributed by atoms with Gasteiger partial charge in [0, 0.05) is 17.4 Å². The van der Waals surface area contributed by atoms with Gasteiger partial charge in [-0.1, -0.05) is 18.2 Å². The van der Waals surface area contributed by atoms with Crippen LogP contribution in [0.3, 0.4) is 0 Å². The van der Waals surface area contributed by atoms with Crippen LogP contribution in [0.25, 0.3) is 21.8 Å². The highest BCUT2D eigenvalue weighted by Gasteiger charge is 2.15. The van der Waals surface area contributed by atoms with Crippen molar-refractivity contribution in [2.75, 3.05) is 5.73 Å². The number of anilines is 1. The lowest BCUT2D eigenvalue weighted by molar-refractivity contribution is 0.818. The lowest BCUT2D eigenvalue weighted by atomic mass is 10.2. The lowest BCUT2D eigenvalue weighted by Gasteiger charge is -2.01. The van der Waals surface area contributed by atoms with Crippen molar-refractivity contribution in [3.05, 3.63) is 34.6 Å². The number of rotatable bonds is 1. The number of aryl methyl sites for hydroxylation is 1. The van der Waals surface area contributed by atoms with Gasteiger partial charge < -0.3 is 10.3 Å². The van der Waals surface area contributed by atoms with Gasteiger partial charge in [0.15, 0.2) is 5.82 Å². The van der Waals surface area contributed by atoms with Crippen LogP contribution in [-0.4, -0.2) is 14.8 Å². The van der Waals surface area contributed by atoms with E-state index in [2.05, 4.69) is 10.2 Å². The Labute approximate surface area is 96.9 Å². The van der Waals surface area contributed by atoms with Crippen molar-refractivity contribution < 1.29 is 0 Å². The van der Waals surface area contributed by atoms with Gasteiger partial charge >= 0.3 is 0 Å². The molecule has 17 heavy (non-hydrogen) atoms. The first-order valence-electron chi connectivity index (χ1n) is 5.49. The molecule has 2 heterocycles. The van der Waals surface area contributed by atoms with E-state index in [9.17, 15) is 4.79 Å². The quantitative estimate of drug-likeness (QED) is 0.662. The highest BCUT2D eigenvalue weighted by molar-refractivity contribution is 6.12. The van der Waals surface area contributed by atoms with Gasteiger partial charge in [0.05, 0.1) is 5.39 Å². The summed E-state index contributed by atoms with van der Waals surface area (Å²) >= 11 is 0. The average molecular weight is 228 g/mol. The van der Waals surface area contributed by atoms with E-state index >= 15 is 0 Å². The molecule has 0 unspecified atom stereocenters. The Balaban J connectivity index is 2.73. The molecule has 0 atom stereocenters. The van der Waals surface area contributed by atoms with Gasteiger partial charge in [-0.15, -0.1) is 0 Å². The molecular weight excluding hydrogens is 216 g/mol. The van der Waals surface area contributed by atoms with Gasteiger partial charge in [-0.05, 0) is 13.0 Å². The summed E-state index contributed by atoms with van der Waals surface area (Å²) in [5.41, 5.74) is 7.27. The normalized spacial score (nSPS) is 11.4. The zero-order valence-corrected chi connectivity index (χ0v) is 9.40. The summed E-state index contributed by atoms with van der Waals surface area (Å²) in [6.07, 6.45) is 0. The van der Waals surface area contributed by atoms with Crippen molar-refractivity contribution >= 4 is 27.6 Å². The fourth-order valence-electron chi connectivity index (χ4n) is 2.35. The van der Waals surface area contributed by atoms with Crippen LogP contribution < -0.4 is 11.3 Å². The van der Waals surface area contributed by atoms with Gasteiger partial charge in [0.2, 0.25) is 0 Å². The van der Waals surface area contributed by atoms with E-state index in [1.54, 1.807) is 0 Å². The second-order valence-electron chi connectivity index (χ2n) is 3.92. The molecule has 3 aromatic rings. The van der Waals surface area contributed by atoms with Gasteiger partial charge in [0.25, 0.3) is 5.56 Å². The monoisotopic (exact) mass is 228 g/mol. The fraction of sp³-hybridized carbons (Fsp3) is 0.167. The Morgan fingerprint density at radius 3 is 2.94 bits per heavy atom. The first-order chi connectivity index (χ1) is 8.24. The molecule has 0 aliphatic heterocycles. The van der Waals surface area contributed by atoms with Crippen LogP contribution in [0.2, 0.25) is 0 Å². The second-order valence-corrected chi connectivity index (χ2v) is 3.92. The molecule has 0 fully saturated rings. The van der Waals surface area contributed by atoms with E-state index in [1.165, 1.54) is 0 Å². The zero-order chi connectivity index (χ0) is 12.0. The number of hydrogen-bond acceptors (Lipinski definition) is 3. The van der Waals surface area contributed by atoms with Gasteiger partial charge in [0.1, 0.15) is 5.52 Å². The largest absolute Gasteiger partial charge is 0.382 e. The van der Waals surface area contributed by atoms with Crippen LogP contribution in [0.5, 0.6) is 0 Å². The second kappa shape index (κ2) is 3.35. The zero-order valence-electron chi connectivity index (χ0n) is 9.40. The predicted molar refractivity (Wildman–Crippen MR) is 67.9 cm³/mol. The molecule has 86 valence electrons. The molecule has 5 nitrogen and oxygen atoms in total. The Kier molecular flexibility index (Phi) is 1.95. The molecule has 0 amide bonds. The number of nitrogens with zero attached hydrogens (tertiary/aromatic N) is 2. The van der Waals surface area contributed by atoms with Crippen LogP contribution in [0.4, 0.5) is 5.82 Å². The molecule has 0 bridgehead atoms. The van der Waals surface area contributed by atoms with Crippen molar-refractivity contribution in [2.24, 2.45) is 0 Å². The number of aromatic amines is 1. The number of fused-ring (bicyclic) bond motifs is 3. The number of hydrogen-bond donors (Lipinski definition) is 2. The third kappa shape index (κ3) is 1.19. The number of nitrogen functional groups attached to an aromatic ring is 1. The number of nitrogens with one attached hydrogen (secondary N) is 1. The average Bonchev–Trinajstić information content (AvgIpc) is 2.69. The summed E-state index contributed by atoms with van der Waals surface area (Å²) < 4.78 is 1.96. The number of H-pyrrole nitrogens is 1. The first kappa shape index (κ1) is 9.89. The van der Waals surface area contributed by atoms with Crippen molar-refractivity contribution in [2.45, 2.75) is 13.5 Å². The van der Waals surface area contributed by atoms with E-state index in [0.717, 1.165) is 22.8 Å². The van der Waals surface area contributed by atoms with Gasteiger partial charge in [-0.25, -0.2) is 5.10 Å².